The van der Waals surface area contributed by atoms with Gasteiger partial charge in [0.15, 0.2) is 0 Å². The topological polar surface area (TPSA) is 59.1 Å². The largest absolute Gasteiger partial charge is 0.384 e. The Morgan fingerprint density at radius 2 is 1.95 bits per heavy atom. The summed E-state index contributed by atoms with van der Waals surface area (Å²) in [6.45, 7) is 0.448. The SMILES string of the molecule is N=C(N)c1cccc(COCc2cccc(Cl)c2)c1F. The highest BCUT2D eigenvalue weighted by Gasteiger charge is 2.10. The Morgan fingerprint density at radius 1 is 1.20 bits per heavy atom. The van der Waals surface area contributed by atoms with Gasteiger partial charge < -0.3 is 10.5 Å². The lowest BCUT2D eigenvalue weighted by molar-refractivity contribution is 0.105. The lowest BCUT2D eigenvalue weighted by atomic mass is 10.1. The molecule has 5 heteroatoms. The van der Waals surface area contributed by atoms with Crippen molar-refractivity contribution in [3.05, 3.63) is 70.0 Å². The second kappa shape index (κ2) is 6.50. The fraction of sp³-hybridized carbons (Fsp3) is 0.133. The normalized spacial score (nSPS) is 10.5. The Hall–Kier alpha value is -1.91. The average Bonchev–Trinajstić information content (AvgIpc) is 2.40. The number of amidine groups is 1. The van der Waals surface area contributed by atoms with Gasteiger partial charge in [-0.2, -0.15) is 0 Å². The Balaban J connectivity index is 2.01. The van der Waals surface area contributed by atoms with Crippen molar-refractivity contribution >= 4 is 17.4 Å². The Kier molecular flexibility index (Phi) is 4.71. The van der Waals surface area contributed by atoms with Crippen LogP contribution < -0.4 is 5.73 Å². The van der Waals surface area contributed by atoms with Crippen LogP contribution in [0.1, 0.15) is 16.7 Å². The van der Waals surface area contributed by atoms with Crippen LogP contribution in [0.15, 0.2) is 42.5 Å². The minimum absolute atomic E-state index is 0.0915. The summed E-state index contributed by atoms with van der Waals surface area (Å²) in [5, 5.41) is 7.93. The fourth-order valence-electron chi connectivity index (χ4n) is 1.80. The molecule has 2 rings (SSSR count). The standard InChI is InChI=1S/C15H14ClFN2O/c16-12-5-1-3-10(7-12)8-20-9-11-4-2-6-13(14(11)17)15(18)19/h1-7H,8-9H2,(H3,18,19). The van der Waals surface area contributed by atoms with E-state index in [9.17, 15) is 4.39 Å². The van der Waals surface area contributed by atoms with E-state index in [1.807, 2.05) is 12.1 Å². The number of benzene rings is 2. The molecular weight excluding hydrogens is 279 g/mol. The van der Waals surface area contributed by atoms with E-state index in [1.54, 1.807) is 24.3 Å². The molecule has 0 aromatic heterocycles. The van der Waals surface area contributed by atoms with Gasteiger partial charge in [0.05, 0.1) is 18.8 Å². The minimum atomic E-state index is -0.508. The Labute approximate surface area is 121 Å². The van der Waals surface area contributed by atoms with Crippen LogP contribution in [0, 0.1) is 11.2 Å². The van der Waals surface area contributed by atoms with E-state index in [-0.39, 0.29) is 18.0 Å². The second-order valence-corrected chi connectivity index (χ2v) is 4.75. The summed E-state index contributed by atoms with van der Waals surface area (Å²) >= 11 is 5.87. The van der Waals surface area contributed by atoms with Gasteiger partial charge in [-0.1, -0.05) is 35.9 Å². The van der Waals surface area contributed by atoms with E-state index in [0.717, 1.165) is 5.56 Å². The molecule has 104 valence electrons. The fourth-order valence-corrected chi connectivity index (χ4v) is 2.02. The zero-order chi connectivity index (χ0) is 14.5. The molecule has 0 aliphatic heterocycles. The summed E-state index contributed by atoms with van der Waals surface area (Å²) in [5.74, 6) is -0.801. The highest BCUT2D eigenvalue weighted by Crippen LogP contribution is 2.16. The number of nitrogens with two attached hydrogens (primary N) is 1. The molecule has 0 atom stereocenters. The molecule has 0 amide bonds. The molecule has 0 saturated carbocycles. The van der Waals surface area contributed by atoms with E-state index >= 15 is 0 Å². The first-order chi connectivity index (χ1) is 9.58. The van der Waals surface area contributed by atoms with Gasteiger partial charge in [-0.05, 0) is 23.8 Å². The summed E-state index contributed by atoms with van der Waals surface area (Å²) in [4.78, 5) is 0. The van der Waals surface area contributed by atoms with Gasteiger partial charge in [0.1, 0.15) is 11.7 Å². The van der Waals surface area contributed by atoms with E-state index in [4.69, 9.17) is 27.5 Å². The van der Waals surface area contributed by atoms with Crippen LogP contribution in [-0.4, -0.2) is 5.84 Å². The van der Waals surface area contributed by atoms with Crippen molar-refractivity contribution in [3.63, 3.8) is 0 Å². The highest BCUT2D eigenvalue weighted by molar-refractivity contribution is 6.30. The van der Waals surface area contributed by atoms with E-state index < -0.39 is 5.82 Å². The highest BCUT2D eigenvalue weighted by atomic mass is 35.5. The van der Waals surface area contributed by atoms with Crippen molar-refractivity contribution in [1.29, 1.82) is 5.41 Å². The van der Waals surface area contributed by atoms with Crippen molar-refractivity contribution in [3.8, 4) is 0 Å². The van der Waals surface area contributed by atoms with E-state index in [0.29, 0.717) is 17.2 Å². The van der Waals surface area contributed by atoms with E-state index in [2.05, 4.69) is 0 Å². The molecule has 0 spiro atoms. The second-order valence-electron chi connectivity index (χ2n) is 4.32. The molecule has 0 fully saturated rings. The number of rotatable bonds is 5. The molecule has 2 aromatic rings. The lowest BCUT2D eigenvalue weighted by Gasteiger charge is -2.08. The molecule has 3 N–H and O–H groups in total. The molecule has 20 heavy (non-hydrogen) atoms. The minimum Gasteiger partial charge on any atom is -0.384 e. The van der Waals surface area contributed by atoms with Gasteiger partial charge >= 0.3 is 0 Å². The van der Waals surface area contributed by atoms with Crippen molar-refractivity contribution < 1.29 is 9.13 Å². The number of nitrogens with one attached hydrogen (secondary N) is 1. The molecule has 0 radical (unpaired) electrons. The summed E-state index contributed by atoms with van der Waals surface area (Å²) in [6.07, 6.45) is 0. The number of ether oxygens (including phenoxy) is 1. The van der Waals surface area contributed by atoms with Crippen molar-refractivity contribution in [2.75, 3.05) is 0 Å². The third-order valence-corrected chi connectivity index (χ3v) is 3.02. The van der Waals surface area contributed by atoms with Crippen molar-refractivity contribution in [2.45, 2.75) is 13.2 Å². The maximum absolute atomic E-state index is 14.0. The monoisotopic (exact) mass is 292 g/mol. The number of nitrogen functional groups attached to an aromatic ring is 1. The van der Waals surface area contributed by atoms with Gasteiger partial charge in [-0.15, -0.1) is 0 Å². The van der Waals surface area contributed by atoms with Crippen molar-refractivity contribution in [2.24, 2.45) is 5.73 Å². The number of hydrogen-bond acceptors (Lipinski definition) is 2. The first kappa shape index (κ1) is 14.5. The first-order valence-corrected chi connectivity index (χ1v) is 6.39. The molecule has 3 nitrogen and oxygen atoms in total. The summed E-state index contributed by atoms with van der Waals surface area (Å²) in [5.41, 5.74) is 6.69. The number of halogens is 2. The number of hydrogen-bond donors (Lipinski definition) is 2. The van der Waals surface area contributed by atoms with Crippen LogP contribution in [0.4, 0.5) is 4.39 Å². The van der Waals surface area contributed by atoms with Crippen LogP contribution in [-0.2, 0) is 18.0 Å². The Bertz CT molecular complexity index is 631. The third-order valence-electron chi connectivity index (χ3n) is 2.78. The predicted molar refractivity (Wildman–Crippen MR) is 77.4 cm³/mol. The first-order valence-electron chi connectivity index (χ1n) is 6.02. The zero-order valence-corrected chi connectivity index (χ0v) is 11.5. The van der Waals surface area contributed by atoms with Gasteiger partial charge in [-0.3, -0.25) is 5.41 Å². The average molecular weight is 293 g/mol. The maximum atomic E-state index is 14.0. The molecule has 0 heterocycles. The van der Waals surface area contributed by atoms with Crippen LogP contribution in [0.5, 0.6) is 0 Å². The van der Waals surface area contributed by atoms with Gasteiger partial charge in [0, 0.05) is 10.6 Å². The summed E-state index contributed by atoms with van der Waals surface area (Å²) in [6, 6.07) is 12.0. The summed E-state index contributed by atoms with van der Waals surface area (Å²) in [7, 11) is 0. The smallest absolute Gasteiger partial charge is 0.139 e. The third kappa shape index (κ3) is 3.56. The van der Waals surface area contributed by atoms with Gasteiger partial charge in [0.2, 0.25) is 0 Å². The van der Waals surface area contributed by atoms with Crippen molar-refractivity contribution in [1.82, 2.24) is 0 Å². The van der Waals surface area contributed by atoms with Crippen LogP contribution in [0.2, 0.25) is 5.02 Å². The molecular formula is C15H14ClFN2O. The molecule has 0 aliphatic rings. The maximum Gasteiger partial charge on any atom is 0.139 e. The molecule has 0 saturated heterocycles. The van der Waals surface area contributed by atoms with Crippen LogP contribution in [0.3, 0.4) is 0 Å². The Morgan fingerprint density at radius 3 is 2.65 bits per heavy atom. The van der Waals surface area contributed by atoms with Crippen LogP contribution in [0.25, 0.3) is 0 Å². The zero-order valence-electron chi connectivity index (χ0n) is 10.7. The van der Waals surface area contributed by atoms with Gasteiger partial charge in [0.25, 0.3) is 0 Å². The molecule has 0 unspecified atom stereocenters. The quantitative estimate of drug-likeness (QED) is 0.655. The van der Waals surface area contributed by atoms with E-state index in [1.165, 1.54) is 6.07 Å². The molecule has 0 bridgehead atoms. The molecule has 0 aliphatic carbocycles. The predicted octanol–water partition coefficient (Wildman–Crippen LogP) is 3.48. The molecule has 2 aromatic carbocycles. The summed E-state index contributed by atoms with van der Waals surface area (Å²) < 4.78 is 19.5. The van der Waals surface area contributed by atoms with Crippen LogP contribution >= 0.6 is 11.6 Å². The lowest BCUT2D eigenvalue weighted by Crippen LogP contribution is -2.14. The van der Waals surface area contributed by atoms with Gasteiger partial charge in [-0.25, -0.2) is 4.39 Å².